The normalized spacial score (nSPS) is 15.3. The SMILES string of the molecule is CC(CCBr)CC(C)(C)C.CC(CCO)CC(C)(C)C. The van der Waals surface area contributed by atoms with Crippen LogP contribution in [0.3, 0.4) is 0 Å². The second-order valence-corrected chi connectivity index (χ2v) is 9.52. The summed E-state index contributed by atoms with van der Waals surface area (Å²) < 4.78 is 0. The maximum Gasteiger partial charge on any atom is 0.0433 e. The van der Waals surface area contributed by atoms with Gasteiger partial charge in [0.05, 0.1) is 0 Å². The summed E-state index contributed by atoms with van der Waals surface area (Å²) in [6.45, 7) is 18.5. The van der Waals surface area contributed by atoms with E-state index in [0.717, 1.165) is 17.7 Å². The highest BCUT2D eigenvalue weighted by Crippen LogP contribution is 2.26. The fraction of sp³-hybridized carbons (Fsp3) is 1.00. The van der Waals surface area contributed by atoms with E-state index in [1.54, 1.807) is 0 Å². The van der Waals surface area contributed by atoms with E-state index in [2.05, 4.69) is 71.3 Å². The van der Waals surface area contributed by atoms with Crippen molar-refractivity contribution in [2.45, 2.75) is 81.1 Å². The molecule has 0 radical (unpaired) electrons. The number of alkyl halides is 1. The van der Waals surface area contributed by atoms with Crippen molar-refractivity contribution in [3.8, 4) is 0 Å². The Morgan fingerprint density at radius 1 is 0.800 bits per heavy atom. The number of rotatable bonds is 6. The minimum Gasteiger partial charge on any atom is -0.396 e. The van der Waals surface area contributed by atoms with Crippen molar-refractivity contribution < 1.29 is 5.11 Å². The molecule has 1 nitrogen and oxygen atoms in total. The van der Waals surface area contributed by atoms with Gasteiger partial charge in [-0.3, -0.25) is 0 Å². The van der Waals surface area contributed by atoms with Crippen LogP contribution in [0.2, 0.25) is 0 Å². The topological polar surface area (TPSA) is 20.2 Å². The van der Waals surface area contributed by atoms with Crippen LogP contribution in [0.5, 0.6) is 0 Å². The molecule has 2 atom stereocenters. The third kappa shape index (κ3) is 20.8. The van der Waals surface area contributed by atoms with Gasteiger partial charge in [0.1, 0.15) is 0 Å². The molecule has 124 valence electrons. The van der Waals surface area contributed by atoms with Crippen LogP contribution in [-0.2, 0) is 0 Å². The molecule has 0 heterocycles. The zero-order chi connectivity index (χ0) is 16.4. The van der Waals surface area contributed by atoms with Gasteiger partial charge < -0.3 is 5.11 Å². The maximum atomic E-state index is 8.63. The monoisotopic (exact) mass is 350 g/mol. The van der Waals surface area contributed by atoms with Gasteiger partial charge in [-0.2, -0.15) is 0 Å². The van der Waals surface area contributed by atoms with E-state index in [1.807, 2.05) is 0 Å². The molecule has 20 heavy (non-hydrogen) atoms. The molecule has 0 aliphatic heterocycles. The highest BCUT2D eigenvalue weighted by atomic mass is 79.9. The number of aliphatic hydroxyl groups is 1. The lowest BCUT2D eigenvalue weighted by atomic mass is 9.84. The molecular formula is C18H39BrO. The number of hydrogen-bond donors (Lipinski definition) is 1. The Labute approximate surface area is 137 Å². The molecule has 0 aliphatic carbocycles. The first-order chi connectivity index (χ1) is 8.91. The van der Waals surface area contributed by atoms with Crippen molar-refractivity contribution in [2.24, 2.45) is 22.7 Å². The second kappa shape index (κ2) is 11.1. The van der Waals surface area contributed by atoms with Gasteiger partial charge in [0.15, 0.2) is 0 Å². The fourth-order valence-corrected chi connectivity index (χ4v) is 3.48. The third-order valence-electron chi connectivity index (χ3n) is 3.15. The minimum atomic E-state index is 0.331. The van der Waals surface area contributed by atoms with Crippen molar-refractivity contribution in [2.75, 3.05) is 11.9 Å². The summed E-state index contributed by atoms with van der Waals surface area (Å²) in [5, 5.41) is 9.78. The van der Waals surface area contributed by atoms with E-state index < -0.39 is 0 Å². The van der Waals surface area contributed by atoms with Crippen LogP contribution in [0.4, 0.5) is 0 Å². The molecule has 0 amide bonds. The summed E-state index contributed by atoms with van der Waals surface area (Å²) in [7, 11) is 0. The summed E-state index contributed by atoms with van der Waals surface area (Å²) in [4.78, 5) is 0. The zero-order valence-corrected chi connectivity index (χ0v) is 16.8. The van der Waals surface area contributed by atoms with E-state index in [1.165, 1.54) is 19.3 Å². The first kappa shape index (κ1) is 22.7. The molecule has 0 aromatic heterocycles. The molecule has 2 unspecified atom stereocenters. The predicted octanol–water partition coefficient (Wildman–Crippen LogP) is 6.28. The van der Waals surface area contributed by atoms with Gasteiger partial charge in [0, 0.05) is 11.9 Å². The average Bonchev–Trinajstić information content (AvgIpc) is 2.12. The highest BCUT2D eigenvalue weighted by molar-refractivity contribution is 9.09. The van der Waals surface area contributed by atoms with Gasteiger partial charge >= 0.3 is 0 Å². The summed E-state index contributed by atoms with van der Waals surface area (Å²) in [5.74, 6) is 1.52. The molecule has 0 rings (SSSR count). The zero-order valence-electron chi connectivity index (χ0n) is 15.2. The molecular weight excluding hydrogens is 312 g/mol. The highest BCUT2D eigenvalue weighted by Gasteiger charge is 2.14. The van der Waals surface area contributed by atoms with Gasteiger partial charge in [-0.1, -0.05) is 71.3 Å². The smallest absolute Gasteiger partial charge is 0.0433 e. The molecule has 0 aromatic rings. The Morgan fingerprint density at radius 3 is 1.40 bits per heavy atom. The van der Waals surface area contributed by atoms with Crippen molar-refractivity contribution in [3.63, 3.8) is 0 Å². The van der Waals surface area contributed by atoms with Crippen molar-refractivity contribution in [1.29, 1.82) is 0 Å². The molecule has 0 saturated carbocycles. The van der Waals surface area contributed by atoms with Gasteiger partial charge in [-0.15, -0.1) is 0 Å². The van der Waals surface area contributed by atoms with E-state index in [4.69, 9.17) is 5.11 Å². The van der Waals surface area contributed by atoms with E-state index in [0.29, 0.717) is 23.4 Å². The Kier molecular flexibility index (Phi) is 12.6. The summed E-state index contributed by atoms with van der Waals surface area (Å²) >= 11 is 3.46. The van der Waals surface area contributed by atoms with Crippen LogP contribution in [0.25, 0.3) is 0 Å². The Balaban J connectivity index is 0. The first-order valence-corrected chi connectivity index (χ1v) is 9.20. The van der Waals surface area contributed by atoms with Gasteiger partial charge in [0.25, 0.3) is 0 Å². The Morgan fingerprint density at radius 2 is 1.15 bits per heavy atom. The van der Waals surface area contributed by atoms with E-state index >= 15 is 0 Å². The van der Waals surface area contributed by atoms with Crippen LogP contribution < -0.4 is 0 Å². The molecule has 0 aliphatic rings. The van der Waals surface area contributed by atoms with Crippen LogP contribution in [-0.4, -0.2) is 17.0 Å². The molecule has 1 N–H and O–H groups in total. The van der Waals surface area contributed by atoms with E-state index in [9.17, 15) is 0 Å². The largest absolute Gasteiger partial charge is 0.396 e. The summed E-state index contributed by atoms with van der Waals surface area (Å²) in [5.41, 5.74) is 0.913. The van der Waals surface area contributed by atoms with Crippen molar-refractivity contribution in [3.05, 3.63) is 0 Å². The van der Waals surface area contributed by atoms with Crippen molar-refractivity contribution in [1.82, 2.24) is 0 Å². The Bertz CT molecular complexity index is 188. The quantitative estimate of drug-likeness (QED) is 0.558. The fourth-order valence-electron chi connectivity index (χ4n) is 2.70. The predicted molar refractivity (Wildman–Crippen MR) is 96.6 cm³/mol. The third-order valence-corrected chi connectivity index (χ3v) is 3.60. The van der Waals surface area contributed by atoms with Gasteiger partial charge in [0.2, 0.25) is 0 Å². The van der Waals surface area contributed by atoms with Crippen LogP contribution in [0.15, 0.2) is 0 Å². The molecule has 0 aromatic carbocycles. The molecule has 0 bridgehead atoms. The van der Waals surface area contributed by atoms with Crippen LogP contribution in [0.1, 0.15) is 81.1 Å². The second-order valence-electron chi connectivity index (χ2n) is 8.73. The molecule has 0 spiro atoms. The van der Waals surface area contributed by atoms with Crippen LogP contribution >= 0.6 is 15.9 Å². The first-order valence-electron chi connectivity index (χ1n) is 8.08. The Hall–Kier alpha value is 0.440. The lowest BCUT2D eigenvalue weighted by Crippen LogP contribution is -2.11. The van der Waals surface area contributed by atoms with Gasteiger partial charge in [-0.05, 0) is 48.3 Å². The number of aliphatic hydroxyl groups excluding tert-OH is 1. The standard InChI is InChI=1S/C9H19Br.C9H20O/c2*1-8(5-6-10)7-9(2,3)4/h8H,5-7H2,1-4H3;8,10H,5-7H2,1-4H3. The number of halogens is 1. The lowest BCUT2D eigenvalue weighted by molar-refractivity contribution is 0.227. The van der Waals surface area contributed by atoms with Crippen LogP contribution in [0, 0.1) is 22.7 Å². The number of hydrogen-bond acceptors (Lipinski definition) is 1. The molecule has 0 fully saturated rings. The molecule has 2 heteroatoms. The summed E-state index contributed by atoms with van der Waals surface area (Å²) in [6, 6.07) is 0. The average molecular weight is 351 g/mol. The lowest BCUT2D eigenvalue weighted by Gasteiger charge is -2.22. The summed E-state index contributed by atoms with van der Waals surface area (Å²) in [6.07, 6.45) is 4.78. The van der Waals surface area contributed by atoms with Crippen molar-refractivity contribution >= 4 is 15.9 Å². The van der Waals surface area contributed by atoms with Gasteiger partial charge in [-0.25, -0.2) is 0 Å². The van der Waals surface area contributed by atoms with E-state index in [-0.39, 0.29) is 0 Å². The maximum absolute atomic E-state index is 8.63. The molecule has 0 saturated heterocycles. The minimum absolute atomic E-state index is 0.331.